The number of hydrogen-bond acceptors (Lipinski definition) is 2. The third-order valence-corrected chi connectivity index (χ3v) is 3.13. The fourth-order valence-corrected chi connectivity index (χ4v) is 2.03. The lowest BCUT2D eigenvalue weighted by molar-refractivity contribution is -0.131. The molecule has 15 heavy (non-hydrogen) atoms. The van der Waals surface area contributed by atoms with Gasteiger partial charge in [0.25, 0.3) is 0 Å². The van der Waals surface area contributed by atoms with Crippen molar-refractivity contribution in [3.05, 3.63) is 0 Å². The van der Waals surface area contributed by atoms with Crippen molar-refractivity contribution in [2.75, 3.05) is 6.61 Å². The molecule has 0 heterocycles. The molecule has 0 amide bonds. The molecule has 2 nitrogen and oxygen atoms in total. The van der Waals surface area contributed by atoms with E-state index in [1.165, 1.54) is 6.42 Å². The van der Waals surface area contributed by atoms with E-state index in [1.807, 2.05) is 6.92 Å². The SMILES string of the molecule is CCOC(CC1CC1C)C(=O)CC(C)C. The third-order valence-electron chi connectivity index (χ3n) is 3.13. The summed E-state index contributed by atoms with van der Waals surface area (Å²) in [7, 11) is 0. The molecule has 0 spiro atoms. The Balaban J connectivity index is 2.37. The predicted molar refractivity (Wildman–Crippen MR) is 61.8 cm³/mol. The molecule has 1 aliphatic rings. The Morgan fingerprint density at radius 2 is 2.07 bits per heavy atom. The van der Waals surface area contributed by atoms with Gasteiger partial charge in [0.2, 0.25) is 0 Å². The first-order valence-corrected chi connectivity index (χ1v) is 6.18. The van der Waals surface area contributed by atoms with Gasteiger partial charge in [-0.25, -0.2) is 0 Å². The minimum Gasteiger partial charge on any atom is -0.371 e. The molecule has 0 aromatic rings. The van der Waals surface area contributed by atoms with Crippen molar-refractivity contribution in [1.29, 1.82) is 0 Å². The molecule has 3 unspecified atom stereocenters. The number of rotatable bonds is 7. The van der Waals surface area contributed by atoms with Gasteiger partial charge in [-0.15, -0.1) is 0 Å². The summed E-state index contributed by atoms with van der Waals surface area (Å²) in [6, 6.07) is 0. The second-order valence-electron chi connectivity index (χ2n) is 5.22. The number of Topliss-reactive ketones (excluding diaryl/α,β-unsaturated/α-hetero) is 1. The van der Waals surface area contributed by atoms with Gasteiger partial charge < -0.3 is 4.74 Å². The van der Waals surface area contributed by atoms with Gasteiger partial charge in [-0.1, -0.05) is 20.8 Å². The van der Waals surface area contributed by atoms with E-state index in [4.69, 9.17) is 4.74 Å². The summed E-state index contributed by atoms with van der Waals surface area (Å²) in [5.74, 6) is 2.28. The molecule has 0 saturated heterocycles. The topological polar surface area (TPSA) is 26.3 Å². The number of hydrogen-bond donors (Lipinski definition) is 0. The van der Waals surface area contributed by atoms with Crippen LogP contribution in [-0.2, 0) is 9.53 Å². The Bertz CT molecular complexity index is 211. The van der Waals surface area contributed by atoms with Crippen LogP contribution < -0.4 is 0 Å². The molecule has 1 fully saturated rings. The average Bonchev–Trinajstić information content (AvgIpc) is 2.80. The average molecular weight is 212 g/mol. The minimum atomic E-state index is -0.132. The first-order valence-electron chi connectivity index (χ1n) is 6.18. The zero-order valence-electron chi connectivity index (χ0n) is 10.5. The predicted octanol–water partition coefficient (Wildman–Crippen LogP) is 3.05. The van der Waals surface area contributed by atoms with Gasteiger partial charge >= 0.3 is 0 Å². The number of carbonyl (C=O) groups is 1. The number of ether oxygens (including phenoxy) is 1. The highest BCUT2D eigenvalue weighted by molar-refractivity contribution is 5.83. The maximum absolute atomic E-state index is 11.9. The first-order chi connectivity index (χ1) is 7.04. The van der Waals surface area contributed by atoms with Gasteiger partial charge in [-0.05, 0) is 37.5 Å². The van der Waals surface area contributed by atoms with Gasteiger partial charge in [-0.2, -0.15) is 0 Å². The lowest BCUT2D eigenvalue weighted by atomic mass is 9.99. The molecular weight excluding hydrogens is 188 g/mol. The normalized spacial score (nSPS) is 26.7. The molecule has 1 aliphatic carbocycles. The quantitative estimate of drug-likeness (QED) is 0.648. The van der Waals surface area contributed by atoms with E-state index in [0.29, 0.717) is 24.7 Å². The van der Waals surface area contributed by atoms with E-state index in [0.717, 1.165) is 18.3 Å². The van der Waals surface area contributed by atoms with Crippen molar-refractivity contribution in [3.8, 4) is 0 Å². The highest BCUT2D eigenvalue weighted by Crippen LogP contribution is 2.42. The molecule has 1 saturated carbocycles. The van der Waals surface area contributed by atoms with Crippen LogP contribution in [0.3, 0.4) is 0 Å². The van der Waals surface area contributed by atoms with E-state index in [9.17, 15) is 4.79 Å². The smallest absolute Gasteiger partial charge is 0.161 e. The van der Waals surface area contributed by atoms with Crippen LogP contribution in [0.15, 0.2) is 0 Å². The summed E-state index contributed by atoms with van der Waals surface area (Å²) in [5.41, 5.74) is 0. The highest BCUT2D eigenvalue weighted by Gasteiger charge is 2.36. The standard InChI is InChI=1S/C13H24O2/c1-5-15-13(8-11-7-10(11)4)12(14)6-9(2)3/h9-11,13H,5-8H2,1-4H3. The van der Waals surface area contributed by atoms with Gasteiger partial charge in [0.15, 0.2) is 5.78 Å². The molecule has 88 valence electrons. The number of ketones is 1. The van der Waals surface area contributed by atoms with Crippen molar-refractivity contribution in [1.82, 2.24) is 0 Å². The largest absolute Gasteiger partial charge is 0.371 e. The maximum Gasteiger partial charge on any atom is 0.161 e. The molecule has 0 N–H and O–H groups in total. The van der Waals surface area contributed by atoms with Crippen molar-refractivity contribution in [2.24, 2.45) is 17.8 Å². The van der Waals surface area contributed by atoms with E-state index >= 15 is 0 Å². The third kappa shape index (κ3) is 4.33. The lowest BCUT2D eigenvalue weighted by Gasteiger charge is -2.16. The van der Waals surface area contributed by atoms with Gasteiger partial charge in [-0.3, -0.25) is 4.79 Å². The summed E-state index contributed by atoms with van der Waals surface area (Å²) < 4.78 is 5.55. The second kappa shape index (κ2) is 5.64. The second-order valence-corrected chi connectivity index (χ2v) is 5.22. The summed E-state index contributed by atoms with van der Waals surface area (Å²) in [6.07, 6.45) is 2.75. The van der Waals surface area contributed by atoms with E-state index in [2.05, 4.69) is 20.8 Å². The zero-order chi connectivity index (χ0) is 11.4. The Hall–Kier alpha value is -0.370. The van der Waals surface area contributed by atoms with Crippen molar-refractivity contribution >= 4 is 5.78 Å². The van der Waals surface area contributed by atoms with Crippen LogP contribution in [0.25, 0.3) is 0 Å². The zero-order valence-corrected chi connectivity index (χ0v) is 10.5. The van der Waals surface area contributed by atoms with E-state index in [1.54, 1.807) is 0 Å². The molecular formula is C13H24O2. The summed E-state index contributed by atoms with van der Waals surface area (Å²) >= 11 is 0. The molecule has 0 aliphatic heterocycles. The van der Waals surface area contributed by atoms with Crippen LogP contribution in [0, 0.1) is 17.8 Å². The molecule has 0 aromatic carbocycles. The monoisotopic (exact) mass is 212 g/mol. The molecule has 1 rings (SSSR count). The van der Waals surface area contributed by atoms with Crippen molar-refractivity contribution < 1.29 is 9.53 Å². The molecule has 3 atom stereocenters. The Kier molecular flexibility index (Phi) is 4.78. The fourth-order valence-electron chi connectivity index (χ4n) is 2.03. The van der Waals surface area contributed by atoms with Crippen LogP contribution in [0.2, 0.25) is 0 Å². The van der Waals surface area contributed by atoms with Crippen LogP contribution >= 0.6 is 0 Å². The van der Waals surface area contributed by atoms with Crippen LogP contribution in [0.4, 0.5) is 0 Å². The van der Waals surface area contributed by atoms with Gasteiger partial charge in [0, 0.05) is 13.0 Å². The summed E-state index contributed by atoms with van der Waals surface area (Å²) in [5, 5.41) is 0. The molecule has 0 bridgehead atoms. The summed E-state index contributed by atoms with van der Waals surface area (Å²) in [4.78, 5) is 11.9. The Morgan fingerprint density at radius 1 is 1.47 bits per heavy atom. The molecule has 2 heteroatoms. The van der Waals surface area contributed by atoms with Crippen molar-refractivity contribution in [3.63, 3.8) is 0 Å². The Morgan fingerprint density at radius 3 is 2.47 bits per heavy atom. The highest BCUT2D eigenvalue weighted by atomic mass is 16.5. The van der Waals surface area contributed by atoms with E-state index < -0.39 is 0 Å². The van der Waals surface area contributed by atoms with Crippen LogP contribution in [0.1, 0.15) is 47.0 Å². The number of carbonyl (C=O) groups excluding carboxylic acids is 1. The van der Waals surface area contributed by atoms with Gasteiger partial charge in [0.1, 0.15) is 6.10 Å². The minimum absolute atomic E-state index is 0.132. The fraction of sp³-hybridized carbons (Fsp3) is 0.923. The lowest BCUT2D eigenvalue weighted by Crippen LogP contribution is -2.26. The first kappa shape index (κ1) is 12.7. The van der Waals surface area contributed by atoms with Crippen LogP contribution in [-0.4, -0.2) is 18.5 Å². The van der Waals surface area contributed by atoms with Crippen LogP contribution in [0.5, 0.6) is 0 Å². The molecule has 0 radical (unpaired) electrons. The Labute approximate surface area is 93.4 Å². The van der Waals surface area contributed by atoms with E-state index in [-0.39, 0.29) is 6.10 Å². The van der Waals surface area contributed by atoms with Crippen molar-refractivity contribution in [2.45, 2.75) is 53.1 Å². The summed E-state index contributed by atoms with van der Waals surface area (Å²) in [6.45, 7) is 9.03. The molecule has 0 aromatic heterocycles. The maximum atomic E-state index is 11.9. The van der Waals surface area contributed by atoms with Gasteiger partial charge in [0.05, 0.1) is 0 Å².